The average Bonchev–Trinajstić information content (AvgIpc) is 3.01. The van der Waals surface area contributed by atoms with Crippen LogP contribution >= 0.6 is 11.3 Å². The van der Waals surface area contributed by atoms with Gasteiger partial charge in [-0.05, 0) is 6.07 Å². The molecule has 3 aromatic rings. The molecule has 5 nitrogen and oxygen atoms in total. The van der Waals surface area contributed by atoms with Crippen LogP contribution in [0.3, 0.4) is 0 Å². The molecule has 0 radical (unpaired) electrons. The second-order valence-electron chi connectivity index (χ2n) is 3.79. The Bertz CT molecular complexity index is 723. The first-order valence-corrected chi connectivity index (χ1v) is 6.16. The molecular formula is C10H8F3N5S. The van der Waals surface area contributed by atoms with Crippen LogP contribution in [0.15, 0.2) is 23.8 Å². The number of fused-ring (bicyclic) bond motifs is 1. The molecule has 3 rings (SSSR count). The van der Waals surface area contributed by atoms with Crippen LogP contribution in [0.1, 0.15) is 11.4 Å². The number of hydrogen-bond acceptors (Lipinski definition) is 4. The Hall–Kier alpha value is -1.87. The Morgan fingerprint density at radius 1 is 1.32 bits per heavy atom. The Balaban J connectivity index is 2.13. The van der Waals surface area contributed by atoms with Crippen molar-refractivity contribution in [3.05, 3.63) is 35.2 Å². The van der Waals surface area contributed by atoms with Crippen LogP contribution in [-0.4, -0.2) is 19.2 Å². The fourth-order valence-corrected chi connectivity index (χ4v) is 2.52. The Morgan fingerprint density at radius 3 is 2.74 bits per heavy atom. The average molecular weight is 287 g/mol. The highest BCUT2D eigenvalue weighted by Crippen LogP contribution is 2.28. The highest BCUT2D eigenvalue weighted by atomic mass is 32.1. The SMILES string of the molecule is NCc1c(-n2ccc(C(F)(F)F)n2)nc2sccn12. The molecule has 0 atom stereocenters. The minimum atomic E-state index is -4.47. The van der Waals surface area contributed by atoms with Gasteiger partial charge in [-0.3, -0.25) is 4.40 Å². The van der Waals surface area contributed by atoms with Crippen LogP contribution in [0.2, 0.25) is 0 Å². The van der Waals surface area contributed by atoms with Crippen LogP contribution in [0.25, 0.3) is 10.8 Å². The summed E-state index contributed by atoms with van der Waals surface area (Å²) in [5, 5.41) is 5.33. The first-order valence-electron chi connectivity index (χ1n) is 5.28. The normalized spacial score (nSPS) is 12.4. The van der Waals surface area contributed by atoms with E-state index in [1.807, 2.05) is 5.38 Å². The molecule has 3 heterocycles. The second kappa shape index (κ2) is 4.07. The van der Waals surface area contributed by atoms with Crippen molar-refractivity contribution in [2.24, 2.45) is 5.73 Å². The number of alkyl halides is 3. The van der Waals surface area contributed by atoms with Gasteiger partial charge in [0.1, 0.15) is 0 Å². The summed E-state index contributed by atoms with van der Waals surface area (Å²) >= 11 is 1.38. The van der Waals surface area contributed by atoms with Crippen LogP contribution < -0.4 is 5.73 Å². The van der Waals surface area contributed by atoms with Crippen LogP contribution in [0, 0.1) is 0 Å². The quantitative estimate of drug-likeness (QED) is 0.784. The van der Waals surface area contributed by atoms with E-state index < -0.39 is 11.9 Å². The molecule has 0 unspecified atom stereocenters. The largest absolute Gasteiger partial charge is 0.435 e. The topological polar surface area (TPSA) is 61.1 Å². The minimum absolute atomic E-state index is 0.161. The van der Waals surface area contributed by atoms with Crippen LogP contribution in [0.5, 0.6) is 0 Å². The Kier molecular flexibility index (Phi) is 2.61. The summed E-state index contributed by atoms with van der Waals surface area (Å²) in [6, 6.07) is 0.910. The van der Waals surface area contributed by atoms with E-state index >= 15 is 0 Å². The first kappa shape index (κ1) is 12.2. The summed E-state index contributed by atoms with van der Waals surface area (Å²) in [7, 11) is 0. The van der Waals surface area contributed by atoms with Crippen LogP contribution in [-0.2, 0) is 12.7 Å². The molecule has 9 heteroatoms. The lowest BCUT2D eigenvalue weighted by molar-refractivity contribution is -0.141. The van der Waals surface area contributed by atoms with Gasteiger partial charge in [-0.25, -0.2) is 4.68 Å². The highest BCUT2D eigenvalue weighted by molar-refractivity contribution is 7.15. The van der Waals surface area contributed by atoms with E-state index in [4.69, 9.17) is 5.73 Å². The van der Waals surface area contributed by atoms with E-state index in [-0.39, 0.29) is 6.54 Å². The lowest BCUT2D eigenvalue weighted by atomic mass is 10.4. The van der Waals surface area contributed by atoms with Gasteiger partial charge in [-0.15, -0.1) is 11.3 Å². The summed E-state index contributed by atoms with van der Waals surface area (Å²) in [6.45, 7) is 0.161. The molecule has 0 saturated carbocycles. The molecule has 0 aliphatic heterocycles. The van der Waals surface area contributed by atoms with Gasteiger partial charge >= 0.3 is 6.18 Å². The summed E-state index contributed by atoms with van der Waals surface area (Å²) < 4.78 is 40.4. The molecule has 0 aliphatic rings. The maximum absolute atomic E-state index is 12.5. The predicted molar refractivity (Wildman–Crippen MR) is 63.1 cm³/mol. The lowest BCUT2D eigenvalue weighted by Crippen LogP contribution is -2.09. The molecule has 2 N–H and O–H groups in total. The van der Waals surface area contributed by atoms with Crippen molar-refractivity contribution in [1.82, 2.24) is 19.2 Å². The van der Waals surface area contributed by atoms with E-state index in [9.17, 15) is 13.2 Å². The highest BCUT2D eigenvalue weighted by Gasteiger charge is 2.34. The zero-order chi connectivity index (χ0) is 13.6. The monoisotopic (exact) mass is 287 g/mol. The van der Waals surface area contributed by atoms with E-state index in [1.165, 1.54) is 17.5 Å². The number of imidazole rings is 1. The fourth-order valence-electron chi connectivity index (χ4n) is 1.79. The third-order valence-electron chi connectivity index (χ3n) is 2.63. The summed E-state index contributed by atoms with van der Waals surface area (Å²) in [5.41, 5.74) is 5.30. The van der Waals surface area contributed by atoms with Gasteiger partial charge in [0.15, 0.2) is 16.5 Å². The molecule has 0 spiro atoms. The number of thiazole rings is 1. The minimum Gasteiger partial charge on any atom is -0.325 e. The van der Waals surface area contributed by atoms with Gasteiger partial charge in [0, 0.05) is 24.3 Å². The maximum Gasteiger partial charge on any atom is 0.435 e. The number of nitrogens with zero attached hydrogens (tertiary/aromatic N) is 4. The summed E-state index contributed by atoms with van der Waals surface area (Å²) in [4.78, 5) is 4.91. The van der Waals surface area contributed by atoms with E-state index in [0.29, 0.717) is 16.5 Å². The lowest BCUT2D eigenvalue weighted by Gasteiger charge is -2.02. The third-order valence-corrected chi connectivity index (χ3v) is 3.39. The van der Waals surface area contributed by atoms with Crippen molar-refractivity contribution in [3.63, 3.8) is 0 Å². The number of halogens is 3. The molecule has 0 aromatic carbocycles. The number of rotatable bonds is 2. The Morgan fingerprint density at radius 2 is 2.11 bits per heavy atom. The van der Waals surface area contributed by atoms with Crippen LogP contribution in [0.4, 0.5) is 13.2 Å². The molecular weight excluding hydrogens is 279 g/mol. The van der Waals surface area contributed by atoms with Gasteiger partial charge in [0.05, 0.1) is 5.69 Å². The van der Waals surface area contributed by atoms with Crippen molar-refractivity contribution in [3.8, 4) is 5.82 Å². The number of aromatic nitrogens is 4. The standard InChI is InChI=1S/C10H8F3N5S/c11-10(12,13)7-1-2-18(16-7)8-6(5-14)17-3-4-19-9(17)15-8/h1-4H,5,14H2. The predicted octanol–water partition coefficient (Wildman–Crippen LogP) is 2.06. The molecule has 19 heavy (non-hydrogen) atoms. The van der Waals surface area contributed by atoms with E-state index in [0.717, 1.165) is 10.7 Å². The molecule has 0 bridgehead atoms. The van der Waals surface area contributed by atoms with Gasteiger partial charge in [0.25, 0.3) is 0 Å². The first-order chi connectivity index (χ1) is 9.00. The summed E-state index contributed by atoms with van der Waals surface area (Å²) in [5.74, 6) is 0.324. The van der Waals surface area contributed by atoms with Gasteiger partial charge < -0.3 is 5.73 Å². The van der Waals surface area contributed by atoms with Gasteiger partial charge in [0.2, 0.25) is 0 Å². The van der Waals surface area contributed by atoms with Crippen molar-refractivity contribution < 1.29 is 13.2 Å². The third kappa shape index (κ3) is 1.90. The fraction of sp³-hybridized carbons (Fsp3) is 0.200. The zero-order valence-electron chi connectivity index (χ0n) is 9.42. The van der Waals surface area contributed by atoms with Gasteiger partial charge in [-0.1, -0.05) is 0 Å². The maximum atomic E-state index is 12.5. The molecule has 100 valence electrons. The number of nitrogens with two attached hydrogens (primary N) is 1. The Labute approximate surface area is 109 Å². The zero-order valence-corrected chi connectivity index (χ0v) is 10.2. The van der Waals surface area contributed by atoms with Gasteiger partial charge in [-0.2, -0.15) is 23.3 Å². The van der Waals surface area contributed by atoms with Crippen molar-refractivity contribution in [2.75, 3.05) is 0 Å². The van der Waals surface area contributed by atoms with Crippen molar-refractivity contribution in [2.45, 2.75) is 12.7 Å². The van der Waals surface area contributed by atoms with Crippen molar-refractivity contribution >= 4 is 16.3 Å². The molecule has 3 aromatic heterocycles. The second-order valence-corrected chi connectivity index (χ2v) is 4.66. The molecule has 0 aliphatic carbocycles. The van der Waals surface area contributed by atoms with E-state index in [2.05, 4.69) is 10.1 Å². The smallest absolute Gasteiger partial charge is 0.325 e. The molecule has 0 amide bonds. The molecule has 0 fully saturated rings. The molecule has 0 saturated heterocycles. The van der Waals surface area contributed by atoms with Crippen molar-refractivity contribution in [1.29, 1.82) is 0 Å². The summed E-state index contributed by atoms with van der Waals surface area (Å²) in [6.07, 6.45) is -1.47. The van der Waals surface area contributed by atoms with E-state index in [1.54, 1.807) is 10.6 Å². The number of hydrogen-bond donors (Lipinski definition) is 1.